The SMILES string of the molecule is CC(C)=CC(O)c1cccc(C)c1Cl. The molecule has 0 radical (unpaired) electrons. The van der Waals surface area contributed by atoms with E-state index in [9.17, 15) is 5.11 Å². The van der Waals surface area contributed by atoms with Gasteiger partial charge in [0.25, 0.3) is 0 Å². The van der Waals surface area contributed by atoms with Crippen LogP contribution in [0, 0.1) is 6.92 Å². The number of hydrogen-bond acceptors (Lipinski definition) is 1. The van der Waals surface area contributed by atoms with Gasteiger partial charge < -0.3 is 5.11 Å². The molecule has 0 fully saturated rings. The second kappa shape index (κ2) is 4.63. The molecule has 2 heteroatoms. The molecule has 1 unspecified atom stereocenters. The van der Waals surface area contributed by atoms with Crippen molar-refractivity contribution in [1.29, 1.82) is 0 Å². The van der Waals surface area contributed by atoms with Crippen molar-refractivity contribution >= 4 is 11.6 Å². The van der Waals surface area contributed by atoms with Crippen molar-refractivity contribution in [3.05, 3.63) is 46.0 Å². The molecule has 0 spiro atoms. The van der Waals surface area contributed by atoms with Gasteiger partial charge in [-0.05, 0) is 26.3 Å². The highest BCUT2D eigenvalue weighted by Crippen LogP contribution is 2.27. The second-order valence-electron chi connectivity index (χ2n) is 3.67. The Bertz CT molecular complexity index is 351. The monoisotopic (exact) mass is 210 g/mol. The third-order valence-electron chi connectivity index (χ3n) is 2.03. The first-order chi connectivity index (χ1) is 6.52. The number of rotatable bonds is 2. The fraction of sp³-hybridized carbons (Fsp3) is 0.333. The van der Waals surface area contributed by atoms with Gasteiger partial charge in [-0.25, -0.2) is 0 Å². The van der Waals surface area contributed by atoms with Gasteiger partial charge in [-0.3, -0.25) is 0 Å². The molecule has 1 N–H and O–H groups in total. The topological polar surface area (TPSA) is 20.2 Å². The third-order valence-corrected chi connectivity index (χ3v) is 2.55. The van der Waals surface area contributed by atoms with Crippen LogP contribution < -0.4 is 0 Å². The van der Waals surface area contributed by atoms with E-state index in [-0.39, 0.29) is 0 Å². The number of benzene rings is 1. The smallest absolute Gasteiger partial charge is 0.0988 e. The molecule has 0 aliphatic rings. The average molecular weight is 211 g/mol. The van der Waals surface area contributed by atoms with Crippen molar-refractivity contribution < 1.29 is 5.11 Å². The Morgan fingerprint density at radius 1 is 1.43 bits per heavy atom. The molecule has 1 aromatic rings. The van der Waals surface area contributed by atoms with Crippen LogP contribution in [0.4, 0.5) is 0 Å². The zero-order valence-electron chi connectivity index (χ0n) is 8.71. The van der Waals surface area contributed by atoms with Gasteiger partial charge in [0.05, 0.1) is 6.10 Å². The minimum absolute atomic E-state index is 0.604. The molecule has 1 rings (SSSR count). The van der Waals surface area contributed by atoms with Crippen molar-refractivity contribution in [3.8, 4) is 0 Å². The Morgan fingerprint density at radius 2 is 2.07 bits per heavy atom. The quantitative estimate of drug-likeness (QED) is 0.739. The summed E-state index contributed by atoms with van der Waals surface area (Å²) in [7, 11) is 0. The maximum absolute atomic E-state index is 9.84. The van der Waals surface area contributed by atoms with Crippen LogP contribution in [0.1, 0.15) is 31.1 Å². The van der Waals surface area contributed by atoms with E-state index in [0.717, 1.165) is 16.7 Å². The molecular weight excluding hydrogens is 196 g/mol. The summed E-state index contributed by atoms with van der Waals surface area (Å²) in [6.45, 7) is 5.83. The molecule has 14 heavy (non-hydrogen) atoms. The fourth-order valence-electron chi connectivity index (χ4n) is 1.30. The van der Waals surface area contributed by atoms with Crippen LogP contribution in [0.2, 0.25) is 5.02 Å². The summed E-state index contributed by atoms with van der Waals surface area (Å²) in [6.07, 6.45) is 1.19. The molecule has 0 amide bonds. The first-order valence-electron chi connectivity index (χ1n) is 4.60. The molecule has 1 aromatic carbocycles. The van der Waals surface area contributed by atoms with E-state index in [0.29, 0.717) is 5.02 Å². The highest BCUT2D eigenvalue weighted by molar-refractivity contribution is 6.32. The van der Waals surface area contributed by atoms with Crippen LogP contribution in [0.25, 0.3) is 0 Å². The van der Waals surface area contributed by atoms with E-state index in [1.54, 1.807) is 6.08 Å². The zero-order valence-corrected chi connectivity index (χ0v) is 9.47. The number of allylic oxidation sites excluding steroid dienone is 1. The van der Waals surface area contributed by atoms with Crippen LogP contribution in [0.5, 0.6) is 0 Å². The van der Waals surface area contributed by atoms with Crippen molar-refractivity contribution in [2.24, 2.45) is 0 Å². The predicted octanol–water partition coefficient (Wildman–Crippen LogP) is 3.65. The van der Waals surface area contributed by atoms with Crippen molar-refractivity contribution in [2.45, 2.75) is 26.9 Å². The van der Waals surface area contributed by atoms with Crippen molar-refractivity contribution in [3.63, 3.8) is 0 Å². The van der Waals surface area contributed by atoms with E-state index in [1.165, 1.54) is 0 Å². The summed E-state index contributed by atoms with van der Waals surface area (Å²) in [5, 5.41) is 10.5. The van der Waals surface area contributed by atoms with Crippen LogP contribution in [0.3, 0.4) is 0 Å². The maximum Gasteiger partial charge on any atom is 0.0988 e. The van der Waals surface area contributed by atoms with Gasteiger partial charge in [-0.2, -0.15) is 0 Å². The summed E-state index contributed by atoms with van der Waals surface area (Å²) in [4.78, 5) is 0. The van der Waals surface area contributed by atoms with Gasteiger partial charge in [0.1, 0.15) is 0 Å². The van der Waals surface area contributed by atoms with Crippen LogP contribution in [0.15, 0.2) is 29.8 Å². The number of aliphatic hydroxyl groups is 1. The van der Waals surface area contributed by atoms with Crippen molar-refractivity contribution in [1.82, 2.24) is 0 Å². The molecule has 0 heterocycles. The number of halogens is 1. The van der Waals surface area contributed by atoms with E-state index in [1.807, 2.05) is 39.0 Å². The molecule has 0 aliphatic heterocycles. The minimum atomic E-state index is -0.604. The Labute approximate surface area is 90.0 Å². The molecule has 0 aromatic heterocycles. The van der Waals surface area contributed by atoms with Gasteiger partial charge in [0.2, 0.25) is 0 Å². The van der Waals surface area contributed by atoms with Gasteiger partial charge in [-0.1, -0.05) is 41.4 Å². The molecule has 1 nitrogen and oxygen atoms in total. The summed E-state index contributed by atoms with van der Waals surface area (Å²) in [5.74, 6) is 0. The first kappa shape index (κ1) is 11.3. The summed E-state index contributed by atoms with van der Waals surface area (Å²) in [5.41, 5.74) is 2.84. The van der Waals surface area contributed by atoms with Gasteiger partial charge >= 0.3 is 0 Å². The average Bonchev–Trinajstić information content (AvgIpc) is 2.08. The van der Waals surface area contributed by atoms with Gasteiger partial charge in [-0.15, -0.1) is 0 Å². The zero-order chi connectivity index (χ0) is 10.7. The Balaban J connectivity index is 3.07. The van der Waals surface area contributed by atoms with E-state index in [2.05, 4.69) is 0 Å². The standard InChI is InChI=1S/C12H15ClO/c1-8(2)7-11(14)10-6-4-5-9(3)12(10)13/h4-7,11,14H,1-3H3. The summed E-state index contributed by atoms with van der Waals surface area (Å²) in [6, 6.07) is 5.68. The molecule has 0 saturated heterocycles. The molecule has 1 atom stereocenters. The van der Waals surface area contributed by atoms with Gasteiger partial charge in [0.15, 0.2) is 0 Å². The lowest BCUT2D eigenvalue weighted by Gasteiger charge is -2.10. The third kappa shape index (κ3) is 2.60. The Morgan fingerprint density at radius 3 is 2.64 bits per heavy atom. The largest absolute Gasteiger partial charge is 0.384 e. The Hall–Kier alpha value is -0.790. The van der Waals surface area contributed by atoms with E-state index in [4.69, 9.17) is 11.6 Å². The van der Waals surface area contributed by atoms with E-state index >= 15 is 0 Å². The molecular formula is C12H15ClO. The molecule has 0 aliphatic carbocycles. The first-order valence-corrected chi connectivity index (χ1v) is 4.98. The number of aliphatic hydroxyl groups excluding tert-OH is 1. The minimum Gasteiger partial charge on any atom is -0.384 e. The Kier molecular flexibility index (Phi) is 3.73. The molecule has 0 bridgehead atoms. The lowest BCUT2D eigenvalue weighted by molar-refractivity contribution is 0.228. The lowest BCUT2D eigenvalue weighted by Crippen LogP contribution is -1.96. The second-order valence-corrected chi connectivity index (χ2v) is 4.04. The van der Waals surface area contributed by atoms with Crippen LogP contribution >= 0.6 is 11.6 Å². The maximum atomic E-state index is 9.84. The fourth-order valence-corrected chi connectivity index (χ4v) is 1.54. The summed E-state index contributed by atoms with van der Waals surface area (Å²) >= 11 is 6.08. The van der Waals surface area contributed by atoms with Gasteiger partial charge in [0, 0.05) is 10.6 Å². The summed E-state index contributed by atoms with van der Waals surface area (Å²) < 4.78 is 0. The highest BCUT2D eigenvalue weighted by Gasteiger charge is 2.09. The number of hydrogen-bond donors (Lipinski definition) is 1. The highest BCUT2D eigenvalue weighted by atomic mass is 35.5. The number of aryl methyl sites for hydroxylation is 1. The van der Waals surface area contributed by atoms with Crippen LogP contribution in [-0.2, 0) is 0 Å². The normalized spacial score (nSPS) is 12.4. The van der Waals surface area contributed by atoms with E-state index < -0.39 is 6.10 Å². The molecule has 76 valence electrons. The van der Waals surface area contributed by atoms with Crippen LogP contribution in [-0.4, -0.2) is 5.11 Å². The lowest BCUT2D eigenvalue weighted by atomic mass is 10.0. The predicted molar refractivity (Wildman–Crippen MR) is 60.6 cm³/mol. The van der Waals surface area contributed by atoms with Crippen molar-refractivity contribution in [2.75, 3.05) is 0 Å². The molecule has 0 saturated carbocycles.